The number of sulfone groups is 1. The van der Waals surface area contributed by atoms with Gasteiger partial charge in [-0.05, 0) is 20.3 Å². The average molecular weight is 294 g/mol. The summed E-state index contributed by atoms with van der Waals surface area (Å²) >= 11 is 0. The van der Waals surface area contributed by atoms with Crippen LogP contribution in [-0.2, 0) is 24.2 Å². The summed E-state index contributed by atoms with van der Waals surface area (Å²) in [5, 5.41) is 11.0. The van der Waals surface area contributed by atoms with Gasteiger partial charge in [-0.25, -0.2) is 13.2 Å². The zero-order valence-corrected chi connectivity index (χ0v) is 11.8. The van der Waals surface area contributed by atoms with E-state index < -0.39 is 38.4 Å². The summed E-state index contributed by atoms with van der Waals surface area (Å²) in [7, 11) is -3.70. The van der Waals surface area contributed by atoms with E-state index in [0.717, 1.165) is 6.26 Å². The van der Waals surface area contributed by atoms with E-state index in [4.69, 9.17) is 10.8 Å². The maximum atomic E-state index is 11.8. The number of hydrogen-bond acceptors (Lipinski definition) is 5. The second-order valence-electron chi connectivity index (χ2n) is 4.65. The lowest BCUT2D eigenvalue weighted by atomic mass is 10.1. The van der Waals surface area contributed by atoms with E-state index in [-0.39, 0.29) is 12.8 Å². The van der Waals surface area contributed by atoms with Crippen LogP contribution in [0.1, 0.15) is 26.7 Å². The first-order chi connectivity index (χ1) is 8.39. The summed E-state index contributed by atoms with van der Waals surface area (Å²) in [5.41, 5.74) is 4.89. The zero-order valence-electron chi connectivity index (χ0n) is 11.0. The number of carboxylic acids is 1. The Morgan fingerprint density at radius 2 is 1.79 bits per heavy atom. The van der Waals surface area contributed by atoms with Crippen LogP contribution in [-0.4, -0.2) is 48.4 Å². The lowest BCUT2D eigenvalue weighted by Gasteiger charge is -2.24. The van der Waals surface area contributed by atoms with Gasteiger partial charge in [0.15, 0.2) is 9.84 Å². The summed E-state index contributed by atoms with van der Waals surface area (Å²) in [4.78, 5) is 33.3. The third kappa shape index (κ3) is 4.86. The number of amides is 2. The van der Waals surface area contributed by atoms with Crippen LogP contribution in [0.4, 0.5) is 0 Å². The molecule has 0 aliphatic rings. The van der Waals surface area contributed by atoms with Gasteiger partial charge in [0, 0.05) is 12.7 Å². The molecule has 0 aromatic heterocycles. The van der Waals surface area contributed by atoms with Gasteiger partial charge in [-0.1, -0.05) is 0 Å². The Hall–Kier alpha value is -1.64. The topological polar surface area (TPSA) is 144 Å². The van der Waals surface area contributed by atoms with E-state index >= 15 is 0 Å². The smallest absolute Gasteiger partial charge is 0.326 e. The Morgan fingerprint density at radius 1 is 1.32 bits per heavy atom. The van der Waals surface area contributed by atoms with Crippen molar-refractivity contribution in [3.63, 3.8) is 0 Å². The number of carbonyl (C=O) groups excluding carboxylic acids is 2. The Kier molecular flexibility index (Phi) is 5.48. The minimum Gasteiger partial charge on any atom is -0.480 e. The molecule has 2 amide bonds. The van der Waals surface area contributed by atoms with E-state index in [1.807, 2.05) is 0 Å². The van der Waals surface area contributed by atoms with Crippen LogP contribution in [0.25, 0.3) is 0 Å². The fourth-order valence-corrected chi connectivity index (χ4v) is 1.44. The van der Waals surface area contributed by atoms with Gasteiger partial charge in [0.05, 0.1) is 0 Å². The first kappa shape index (κ1) is 17.4. The molecule has 110 valence electrons. The number of nitrogens with two attached hydrogens (primary N) is 1. The number of rotatable bonds is 7. The summed E-state index contributed by atoms with van der Waals surface area (Å²) in [6, 6.07) is -1.36. The minimum atomic E-state index is -3.70. The number of carboxylic acid groups (broad SMARTS) is 1. The van der Waals surface area contributed by atoms with Crippen molar-refractivity contribution in [3.05, 3.63) is 0 Å². The molecule has 19 heavy (non-hydrogen) atoms. The monoisotopic (exact) mass is 294 g/mol. The van der Waals surface area contributed by atoms with E-state index in [2.05, 4.69) is 5.32 Å². The highest BCUT2D eigenvalue weighted by Crippen LogP contribution is 2.15. The Bertz CT molecular complexity index is 482. The van der Waals surface area contributed by atoms with Gasteiger partial charge in [0.2, 0.25) is 11.8 Å². The highest BCUT2D eigenvalue weighted by Gasteiger charge is 2.40. The Morgan fingerprint density at radius 3 is 2.11 bits per heavy atom. The van der Waals surface area contributed by atoms with E-state index in [0.29, 0.717) is 0 Å². The number of aliphatic carboxylic acids is 1. The molecule has 0 bridgehead atoms. The van der Waals surface area contributed by atoms with E-state index in [1.165, 1.54) is 13.8 Å². The fourth-order valence-electron chi connectivity index (χ4n) is 1.04. The first-order valence-corrected chi connectivity index (χ1v) is 7.30. The van der Waals surface area contributed by atoms with Gasteiger partial charge in [-0.3, -0.25) is 9.59 Å². The van der Waals surface area contributed by atoms with Crippen molar-refractivity contribution in [2.75, 3.05) is 6.26 Å². The highest BCUT2D eigenvalue weighted by atomic mass is 32.2. The minimum absolute atomic E-state index is 0.198. The second kappa shape index (κ2) is 6.00. The van der Waals surface area contributed by atoms with Crippen molar-refractivity contribution in [2.45, 2.75) is 37.5 Å². The fraction of sp³-hybridized carbons (Fsp3) is 0.700. The lowest BCUT2D eigenvalue weighted by Crippen LogP contribution is -2.52. The summed E-state index contributed by atoms with van der Waals surface area (Å²) in [5.74, 6) is -3.01. The van der Waals surface area contributed by atoms with Gasteiger partial charge in [-0.2, -0.15) is 0 Å². The van der Waals surface area contributed by atoms with Crippen molar-refractivity contribution in [3.8, 4) is 0 Å². The molecule has 0 aromatic rings. The third-order valence-electron chi connectivity index (χ3n) is 2.76. The van der Waals surface area contributed by atoms with Crippen LogP contribution in [0, 0.1) is 0 Å². The van der Waals surface area contributed by atoms with Gasteiger partial charge in [0.1, 0.15) is 10.8 Å². The zero-order chi connectivity index (χ0) is 15.4. The third-order valence-corrected chi connectivity index (χ3v) is 4.80. The molecule has 0 saturated carbocycles. The molecule has 1 atom stereocenters. The predicted molar refractivity (Wildman–Crippen MR) is 66.9 cm³/mol. The molecule has 0 rings (SSSR count). The van der Waals surface area contributed by atoms with Crippen molar-refractivity contribution in [1.29, 1.82) is 0 Å². The Balaban J connectivity index is 4.92. The van der Waals surface area contributed by atoms with Crippen LogP contribution < -0.4 is 11.1 Å². The molecule has 9 heteroatoms. The molecule has 0 aliphatic heterocycles. The molecular formula is C10H18N2O6S. The number of hydrogen-bond donors (Lipinski definition) is 3. The molecule has 0 radical (unpaired) electrons. The second-order valence-corrected chi connectivity index (χ2v) is 7.22. The predicted octanol–water partition coefficient (Wildman–Crippen LogP) is -1.36. The van der Waals surface area contributed by atoms with Crippen molar-refractivity contribution in [2.24, 2.45) is 5.73 Å². The highest BCUT2D eigenvalue weighted by molar-refractivity contribution is 7.92. The first-order valence-electron chi connectivity index (χ1n) is 5.41. The molecule has 8 nitrogen and oxygen atoms in total. The van der Waals surface area contributed by atoms with Crippen molar-refractivity contribution in [1.82, 2.24) is 5.32 Å². The van der Waals surface area contributed by atoms with Gasteiger partial charge in [-0.15, -0.1) is 0 Å². The summed E-state index contributed by atoms with van der Waals surface area (Å²) in [6.07, 6.45) is 0.457. The largest absolute Gasteiger partial charge is 0.480 e. The normalized spacial score (nSPS) is 13.6. The van der Waals surface area contributed by atoms with Crippen LogP contribution in [0.15, 0.2) is 0 Å². The van der Waals surface area contributed by atoms with Gasteiger partial charge >= 0.3 is 5.97 Å². The van der Waals surface area contributed by atoms with Crippen LogP contribution in [0.3, 0.4) is 0 Å². The SMILES string of the molecule is CC(C)(C(=O)N[C@@H](CCC(N)=O)C(=O)O)S(C)(=O)=O. The molecule has 0 spiro atoms. The van der Waals surface area contributed by atoms with Crippen LogP contribution in [0.2, 0.25) is 0 Å². The molecule has 0 aliphatic carbocycles. The molecule has 0 saturated heterocycles. The molecule has 0 unspecified atom stereocenters. The number of nitrogens with one attached hydrogen (secondary N) is 1. The molecular weight excluding hydrogens is 276 g/mol. The number of carbonyl (C=O) groups is 3. The lowest BCUT2D eigenvalue weighted by molar-refractivity contribution is -0.142. The summed E-state index contributed by atoms with van der Waals surface area (Å²) in [6.45, 7) is 2.34. The van der Waals surface area contributed by atoms with Crippen LogP contribution in [0.5, 0.6) is 0 Å². The molecule has 0 aromatic carbocycles. The Labute approximate surface area is 111 Å². The maximum absolute atomic E-state index is 11.8. The van der Waals surface area contributed by atoms with Crippen molar-refractivity contribution >= 4 is 27.6 Å². The number of primary amides is 1. The van der Waals surface area contributed by atoms with E-state index in [1.54, 1.807) is 0 Å². The van der Waals surface area contributed by atoms with Crippen molar-refractivity contribution < 1.29 is 27.9 Å². The maximum Gasteiger partial charge on any atom is 0.326 e. The molecule has 0 heterocycles. The molecule has 0 fully saturated rings. The van der Waals surface area contributed by atoms with Gasteiger partial charge < -0.3 is 16.2 Å². The molecule has 4 N–H and O–H groups in total. The van der Waals surface area contributed by atoms with Gasteiger partial charge in [0.25, 0.3) is 0 Å². The average Bonchev–Trinajstić information content (AvgIpc) is 2.21. The summed E-state index contributed by atoms with van der Waals surface area (Å²) < 4.78 is 21.1. The van der Waals surface area contributed by atoms with Crippen LogP contribution >= 0.6 is 0 Å². The quantitative estimate of drug-likeness (QED) is 0.529. The standard InChI is InChI=1S/C10H18N2O6S/c1-10(2,19(3,17)18)9(16)12-6(8(14)15)4-5-7(11)13/h6H,4-5H2,1-3H3,(H2,11,13)(H,12,16)(H,14,15)/t6-/m0/s1. The van der Waals surface area contributed by atoms with E-state index in [9.17, 15) is 22.8 Å².